The monoisotopic (exact) mass is 548 g/mol. The Labute approximate surface area is 219 Å². The van der Waals surface area contributed by atoms with E-state index < -0.39 is 0 Å². The summed E-state index contributed by atoms with van der Waals surface area (Å²) >= 11 is 3.28. The van der Waals surface area contributed by atoms with Gasteiger partial charge in [-0.3, -0.25) is 9.59 Å². The maximum Gasteiger partial charge on any atom is 0.254 e. The van der Waals surface area contributed by atoms with E-state index in [1.807, 2.05) is 4.68 Å². The molecule has 1 aromatic heterocycles. The number of halogens is 1. The van der Waals surface area contributed by atoms with Crippen LogP contribution >= 0.6 is 15.9 Å². The Hall–Kier alpha value is -3.39. The van der Waals surface area contributed by atoms with Crippen LogP contribution in [-0.4, -0.2) is 49.6 Å². The van der Waals surface area contributed by atoms with Crippen molar-refractivity contribution in [3.05, 3.63) is 87.2 Å². The lowest BCUT2D eigenvalue weighted by Gasteiger charge is -2.41. The van der Waals surface area contributed by atoms with Gasteiger partial charge in [0.25, 0.3) is 5.91 Å². The first-order valence-electron chi connectivity index (χ1n) is 12.1. The van der Waals surface area contributed by atoms with Gasteiger partial charge in [-0.1, -0.05) is 32.6 Å². The number of rotatable bonds is 4. The van der Waals surface area contributed by atoms with E-state index in [1.165, 1.54) is 17.7 Å². The predicted molar refractivity (Wildman–Crippen MR) is 141 cm³/mol. The van der Waals surface area contributed by atoms with Gasteiger partial charge in [0.15, 0.2) is 0 Å². The van der Waals surface area contributed by atoms with Crippen LogP contribution in [0.25, 0.3) is 5.69 Å². The average Bonchev–Trinajstić information content (AvgIpc) is 3.24. The number of hydrogen-bond donors (Lipinski definition) is 1. The first-order valence-corrected chi connectivity index (χ1v) is 12.9. The molecule has 0 bridgehead atoms. The van der Waals surface area contributed by atoms with Crippen molar-refractivity contribution in [2.24, 2.45) is 0 Å². The zero-order valence-corrected chi connectivity index (χ0v) is 22.2. The number of amides is 2. The number of benzene rings is 2. The SMILES string of the molecule is C=CC(=O)N1Cc2nn(-c3ccc(C(C)C)cc3C)c3c2C(C1)N(C(=O)c1ccc(Br)c(O)c1)CC3. The molecule has 2 aliphatic rings. The lowest BCUT2D eigenvalue weighted by molar-refractivity contribution is -0.128. The molecule has 0 aliphatic carbocycles. The number of carbonyl (C=O) groups excluding carboxylic acids is 2. The van der Waals surface area contributed by atoms with E-state index in [0.717, 1.165) is 28.2 Å². The summed E-state index contributed by atoms with van der Waals surface area (Å²) in [7, 11) is 0. The highest BCUT2D eigenvalue weighted by Gasteiger charge is 2.41. The maximum atomic E-state index is 13.6. The van der Waals surface area contributed by atoms with E-state index in [-0.39, 0.29) is 23.6 Å². The number of phenolic OH excluding ortho intramolecular Hbond substituents is 1. The van der Waals surface area contributed by atoms with E-state index in [0.29, 0.717) is 42.0 Å². The Bertz CT molecular complexity index is 1390. The summed E-state index contributed by atoms with van der Waals surface area (Å²) in [5, 5.41) is 15.1. The molecule has 0 spiro atoms. The highest BCUT2D eigenvalue weighted by molar-refractivity contribution is 9.10. The number of aromatic nitrogens is 2. The third-order valence-electron chi connectivity index (χ3n) is 7.19. The summed E-state index contributed by atoms with van der Waals surface area (Å²) in [6, 6.07) is 11.0. The average molecular weight is 549 g/mol. The fraction of sp³-hybridized carbons (Fsp3) is 0.321. The second-order valence-electron chi connectivity index (χ2n) is 9.77. The highest BCUT2D eigenvalue weighted by Crippen LogP contribution is 2.40. The predicted octanol–water partition coefficient (Wildman–Crippen LogP) is 5.04. The number of nitrogens with zero attached hydrogens (tertiary/aromatic N) is 4. The van der Waals surface area contributed by atoms with Gasteiger partial charge < -0.3 is 14.9 Å². The van der Waals surface area contributed by atoms with Crippen molar-refractivity contribution in [2.45, 2.75) is 45.7 Å². The molecule has 8 heteroatoms. The van der Waals surface area contributed by atoms with Gasteiger partial charge in [0.05, 0.1) is 34.1 Å². The lowest BCUT2D eigenvalue weighted by atomic mass is 9.91. The smallest absolute Gasteiger partial charge is 0.254 e. The van der Waals surface area contributed by atoms with Crippen molar-refractivity contribution in [2.75, 3.05) is 13.1 Å². The zero-order valence-electron chi connectivity index (χ0n) is 20.7. The Morgan fingerprint density at radius 1 is 1.22 bits per heavy atom. The van der Waals surface area contributed by atoms with Crippen molar-refractivity contribution in [1.82, 2.24) is 19.6 Å². The van der Waals surface area contributed by atoms with Crippen LogP contribution in [0.4, 0.5) is 0 Å². The van der Waals surface area contributed by atoms with Crippen LogP contribution < -0.4 is 0 Å². The van der Waals surface area contributed by atoms with Crippen LogP contribution in [-0.2, 0) is 17.8 Å². The number of hydrogen-bond acceptors (Lipinski definition) is 4. The molecule has 5 rings (SSSR count). The fourth-order valence-electron chi connectivity index (χ4n) is 5.27. The molecular weight excluding hydrogens is 520 g/mol. The zero-order chi connectivity index (χ0) is 25.7. The lowest BCUT2D eigenvalue weighted by Crippen LogP contribution is -2.49. The molecule has 3 aromatic rings. The quantitative estimate of drug-likeness (QED) is 0.463. The molecule has 1 unspecified atom stereocenters. The molecule has 0 saturated heterocycles. The van der Waals surface area contributed by atoms with Gasteiger partial charge in [0, 0.05) is 30.6 Å². The Morgan fingerprint density at radius 3 is 2.67 bits per heavy atom. The molecule has 0 saturated carbocycles. The van der Waals surface area contributed by atoms with Gasteiger partial charge in [0.2, 0.25) is 5.91 Å². The van der Waals surface area contributed by atoms with Crippen LogP contribution in [0.2, 0.25) is 0 Å². The van der Waals surface area contributed by atoms with Gasteiger partial charge in [0.1, 0.15) is 5.75 Å². The second-order valence-corrected chi connectivity index (χ2v) is 10.6. The second kappa shape index (κ2) is 9.24. The van der Waals surface area contributed by atoms with Crippen molar-refractivity contribution in [3.63, 3.8) is 0 Å². The molecule has 2 amide bonds. The van der Waals surface area contributed by atoms with Crippen molar-refractivity contribution >= 4 is 27.7 Å². The molecule has 1 N–H and O–H groups in total. The molecule has 7 nitrogen and oxygen atoms in total. The van der Waals surface area contributed by atoms with E-state index in [4.69, 9.17) is 5.10 Å². The van der Waals surface area contributed by atoms with E-state index in [9.17, 15) is 14.7 Å². The standard InChI is InChI=1S/C28H29BrN4O3/c1-5-26(35)31-14-21-27-23(33(30-21)22-9-7-18(16(2)3)12-17(22)4)10-11-32(24(27)15-31)28(36)19-6-8-20(29)25(34)13-19/h5-9,12-13,16,24,34H,1,10-11,14-15H2,2-4H3. The van der Waals surface area contributed by atoms with Crippen molar-refractivity contribution < 1.29 is 14.7 Å². The fourth-order valence-corrected chi connectivity index (χ4v) is 5.51. The number of phenols is 1. The first kappa shape index (κ1) is 24.3. The minimum absolute atomic E-state index is 0.0134. The highest BCUT2D eigenvalue weighted by atomic mass is 79.9. The normalized spacial score (nSPS) is 16.8. The molecule has 36 heavy (non-hydrogen) atoms. The molecule has 2 aromatic carbocycles. The topological polar surface area (TPSA) is 78.7 Å². The maximum absolute atomic E-state index is 13.6. The Balaban J connectivity index is 1.60. The van der Waals surface area contributed by atoms with Crippen LogP contribution in [0.5, 0.6) is 5.75 Å². The molecule has 2 aliphatic heterocycles. The summed E-state index contributed by atoms with van der Waals surface area (Å²) in [6.07, 6.45) is 1.95. The molecule has 1 atom stereocenters. The summed E-state index contributed by atoms with van der Waals surface area (Å²) < 4.78 is 2.54. The molecular formula is C28H29BrN4O3. The number of aryl methyl sites for hydroxylation is 1. The van der Waals surface area contributed by atoms with Gasteiger partial charge in [-0.2, -0.15) is 5.10 Å². The number of aromatic hydroxyl groups is 1. The van der Waals surface area contributed by atoms with E-state index >= 15 is 0 Å². The van der Waals surface area contributed by atoms with E-state index in [1.54, 1.807) is 21.9 Å². The van der Waals surface area contributed by atoms with Gasteiger partial charge in [-0.25, -0.2) is 4.68 Å². The minimum Gasteiger partial charge on any atom is -0.507 e. The summed E-state index contributed by atoms with van der Waals surface area (Å²) in [5.41, 5.74) is 6.75. The summed E-state index contributed by atoms with van der Waals surface area (Å²) in [6.45, 7) is 11.3. The molecule has 3 heterocycles. The molecule has 0 radical (unpaired) electrons. The van der Waals surface area contributed by atoms with Crippen LogP contribution in [0, 0.1) is 6.92 Å². The van der Waals surface area contributed by atoms with Crippen LogP contribution in [0.3, 0.4) is 0 Å². The van der Waals surface area contributed by atoms with Crippen LogP contribution in [0.1, 0.15) is 64.2 Å². The molecule has 186 valence electrons. The van der Waals surface area contributed by atoms with Gasteiger partial charge in [-0.15, -0.1) is 0 Å². The van der Waals surface area contributed by atoms with Crippen molar-refractivity contribution in [1.29, 1.82) is 0 Å². The Kier molecular flexibility index (Phi) is 6.24. The van der Waals surface area contributed by atoms with E-state index in [2.05, 4.69) is 61.5 Å². The molecule has 0 fully saturated rings. The number of carbonyl (C=O) groups is 2. The largest absolute Gasteiger partial charge is 0.507 e. The summed E-state index contributed by atoms with van der Waals surface area (Å²) in [4.78, 5) is 29.7. The Morgan fingerprint density at radius 2 is 2.00 bits per heavy atom. The van der Waals surface area contributed by atoms with Crippen molar-refractivity contribution in [3.8, 4) is 11.4 Å². The van der Waals surface area contributed by atoms with Gasteiger partial charge in [-0.05, 0) is 70.2 Å². The summed E-state index contributed by atoms with van der Waals surface area (Å²) in [5.74, 6) is 0.0767. The minimum atomic E-state index is -0.330. The third kappa shape index (κ3) is 4.03. The van der Waals surface area contributed by atoms with Crippen LogP contribution in [0.15, 0.2) is 53.5 Å². The first-order chi connectivity index (χ1) is 17.2. The third-order valence-corrected chi connectivity index (χ3v) is 7.86. The van der Waals surface area contributed by atoms with Gasteiger partial charge >= 0.3 is 0 Å².